The van der Waals surface area contributed by atoms with Crippen molar-refractivity contribution in [3.8, 4) is 5.75 Å². The number of nitrogens with zero attached hydrogens (tertiary/aromatic N) is 1. The van der Waals surface area contributed by atoms with Gasteiger partial charge in [0.15, 0.2) is 0 Å². The number of anilines is 1. The molecule has 3 aliphatic rings. The Morgan fingerprint density at radius 1 is 0.861 bits per heavy atom. The van der Waals surface area contributed by atoms with E-state index in [0.29, 0.717) is 28.6 Å². The van der Waals surface area contributed by atoms with Crippen molar-refractivity contribution < 1.29 is 28.7 Å². The third-order valence-electron chi connectivity index (χ3n) is 7.12. The van der Waals surface area contributed by atoms with E-state index in [4.69, 9.17) is 21.1 Å². The van der Waals surface area contributed by atoms with Crippen LogP contribution in [0.5, 0.6) is 5.75 Å². The van der Waals surface area contributed by atoms with Crippen LogP contribution >= 0.6 is 11.6 Å². The van der Waals surface area contributed by atoms with Crippen molar-refractivity contribution >= 4 is 40.7 Å². The predicted octanol–water partition coefficient (Wildman–Crippen LogP) is 4.43. The van der Waals surface area contributed by atoms with Crippen molar-refractivity contribution in [1.29, 1.82) is 0 Å². The molecular weight excluding hydrogens is 482 g/mol. The number of fused-ring (bicyclic) bond motifs is 3. The van der Waals surface area contributed by atoms with Crippen molar-refractivity contribution in [3.63, 3.8) is 0 Å². The topological polar surface area (TPSA) is 90.0 Å². The van der Waals surface area contributed by atoms with Crippen molar-refractivity contribution in [1.82, 2.24) is 0 Å². The van der Waals surface area contributed by atoms with E-state index in [1.165, 1.54) is 0 Å². The molecule has 7 nitrogen and oxygen atoms in total. The first-order chi connectivity index (χ1) is 17.4. The molecule has 8 heteroatoms. The number of carbonyl (C=O) groups is 4. The van der Waals surface area contributed by atoms with Gasteiger partial charge in [0.2, 0.25) is 29.0 Å². The fraction of sp³-hybridized carbons (Fsp3) is 0.214. The molecule has 2 saturated heterocycles. The van der Waals surface area contributed by atoms with Gasteiger partial charge >= 0.3 is 0 Å². The molecule has 2 fully saturated rings. The van der Waals surface area contributed by atoms with Crippen molar-refractivity contribution in [2.75, 3.05) is 11.5 Å². The molecule has 3 aromatic rings. The molecule has 3 aromatic carbocycles. The summed E-state index contributed by atoms with van der Waals surface area (Å²) >= 11 is 6.01. The summed E-state index contributed by atoms with van der Waals surface area (Å²) in [6.07, 6.45) is -0.985. The molecule has 0 saturated carbocycles. The van der Waals surface area contributed by atoms with Crippen LogP contribution in [0.4, 0.5) is 5.69 Å². The number of amides is 2. The van der Waals surface area contributed by atoms with E-state index in [9.17, 15) is 19.2 Å². The highest BCUT2D eigenvalue weighted by molar-refractivity contribution is 6.37. The minimum atomic E-state index is -2.11. The van der Waals surface area contributed by atoms with E-state index in [0.717, 1.165) is 4.90 Å². The number of halogens is 1. The third-order valence-corrected chi connectivity index (χ3v) is 7.38. The Kier molecular flexibility index (Phi) is 5.10. The lowest BCUT2D eigenvalue weighted by Gasteiger charge is -2.27. The molecule has 1 aliphatic carbocycles. The Morgan fingerprint density at radius 2 is 1.47 bits per heavy atom. The molecule has 36 heavy (non-hydrogen) atoms. The zero-order chi connectivity index (χ0) is 25.2. The van der Waals surface area contributed by atoms with Crippen LogP contribution in [0.3, 0.4) is 0 Å². The second-order valence-corrected chi connectivity index (χ2v) is 9.41. The normalized spacial score (nSPS) is 23.9. The standard InChI is InChI=1S/C28H20ClNO6/c1-2-35-18-13-7-15(8-14-18)23-21-22(27(34)30(26(21)33)17-11-9-16(29)10-12-17)28(36-23)24(31)19-5-3-4-6-20(19)25(28)32/h3-14,21-23H,2H2,1H3/t21-,22-,23+/m0/s1. The fourth-order valence-electron chi connectivity index (χ4n) is 5.58. The molecule has 2 amide bonds. The molecule has 2 heterocycles. The number of Topliss-reactive ketones (excluding diaryl/α,β-unsaturated/α-hetero) is 2. The summed E-state index contributed by atoms with van der Waals surface area (Å²) in [5.74, 6) is -4.09. The maximum absolute atomic E-state index is 13.9. The first-order valence-electron chi connectivity index (χ1n) is 11.6. The number of ketones is 2. The number of imide groups is 1. The van der Waals surface area contributed by atoms with Gasteiger partial charge in [-0.2, -0.15) is 0 Å². The summed E-state index contributed by atoms with van der Waals surface area (Å²) < 4.78 is 11.8. The van der Waals surface area contributed by atoms with Crippen molar-refractivity contribution in [3.05, 3.63) is 94.5 Å². The second kappa shape index (κ2) is 8.11. The van der Waals surface area contributed by atoms with Crippen molar-refractivity contribution in [2.24, 2.45) is 11.8 Å². The van der Waals surface area contributed by atoms with Crippen LogP contribution in [0.2, 0.25) is 5.02 Å². The Labute approximate surface area is 211 Å². The number of ether oxygens (including phenoxy) is 2. The highest BCUT2D eigenvalue weighted by Gasteiger charge is 2.74. The largest absolute Gasteiger partial charge is 0.494 e. The molecular formula is C28H20ClNO6. The van der Waals surface area contributed by atoms with Gasteiger partial charge in [0.05, 0.1) is 30.2 Å². The van der Waals surface area contributed by atoms with E-state index >= 15 is 0 Å². The highest BCUT2D eigenvalue weighted by atomic mass is 35.5. The van der Waals surface area contributed by atoms with E-state index in [2.05, 4.69) is 0 Å². The second-order valence-electron chi connectivity index (χ2n) is 8.97. The van der Waals surface area contributed by atoms with Gasteiger partial charge in [-0.15, -0.1) is 0 Å². The number of hydrogen-bond donors (Lipinski definition) is 0. The molecule has 3 atom stereocenters. The highest BCUT2D eigenvalue weighted by Crippen LogP contribution is 2.57. The van der Waals surface area contributed by atoms with E-state index in [1.807, 2.05) is 6.92 Å². The quantitative estimate of drug-likeness (QED) is 0.388. The minimum absolute atomic E-state index is 0.193. The van der Waals surface area contributed by atoms with Gasteiger partial charge in [0.1, 0.15) is 5.75 Å². The third kappa shape index (κ3) is 2.96. The zero-order valence-electron chi connectivity index (χ0n) is 19.1. The van der Waals surface area contributed by atoms with Crippen LogP contribution < -0.4 is 9.64 Å². The Morgan fingerprint density at radius 3 is 2.06 bits per heavy atom. The average molecular weight is 502 g/mol. The van der Waals surface area contributed by atoms with Crippen molar-refractivity contribution in [2.45, 2.75) is 18.6 Å². The van der Waals surface area contributed by atoms with E-state index in [1.54, 1.807) is 72.8 Å². The summed E-state index contributed by atoms with van der Waals surface area (Å²) in [6, 6.07) is 19.6. The summed E-state index contributed by atoms with van der Waals surface area (Å²) in [6.45, 7) is 2.35. The molecule has 0 aromatic heterocycles. The molecule has 0 N–H and O–H groups in total. The van der Waals surface area contributed by atoms with E-state index < -0.39 is 46.9 Å². The first-order valence-corrected chi connectivity index (χ1v) is 12.0. The summed E-state index contributed by atoms with van der Waals surface area (Å²) in [5, 5.41) is 0.446. The van der Waals surface area contributed by atoms with Gasteiger partial charge in [-0.1, -0.05) is 48.0 Å². The molecule has 0 radical (unpaired) electrons. The van der Waals surface area contributed by atoms with Gasteiger partial charge in [-0.25, -0.2) is 4.90 Å². The number of hydrogen-bond acceptors (Lipinski definition) is 6. The van der Waals surface area contributed by atoms with Gasteiger partial charge < -0.3 is 9.47 Å². The first kappa shape index (κ1) is 22.6. The maximum Gasteiger partial charge on any atom is 0.241 e. The smallest absolute Gasteiger partial charge is 0.241 e. The van der Waals surface area contributed by atoms with Crippen LogP contribution in [0.1, 0.15) is 39.3 Å². The predicted molar refractivity (Wildman–Crippen MR) is 130 cm³/mol. The Bertz CT molecular complexity index is 1400. The van der Waals surface area contributed by atoms with Crippen LogP contribution in [0.15, 0.2) is 72.8 Å². The molecule has 1 spiro atoms. The van der Waals surface area contributed by atoms with E-state index in [-0.39, 0.29) is 11.1 Å². The zero-order valence-corrected chi connectivity index (χ0v) is 19.9. The molecule has 0 bridgehead atoms. The molecule has 0 unspecified atom stereocenters. The summed E-state index contributed by atoms with van der Waals surface area (Å²) in [5.41, 5.74) is -0.829. The van der Waals surface area contributed by atoms with Gasteiger partial charge in [0, 0.05) is 16.1 Å². The lowest BCUT2D eigenvalue weighted by atomic mass is 9.77. The van der Waals surface area contributed by atoms with Gasteiger partial charge in [0.25, 0.3) is 0 Å². The minimum Gasteiger partial charge on any atom is -0.494 e. The number of rotatable bonds is 4. The SMILES string of the molecule is CCOc1ccc([C@H]2OC3(C(=O)c4ccccc4C3=O)[C@@H]3C(=O)N(c4ccc(Cl)cc4)C(=O)[C@H]23)cc1. The van der Waals surface area contributed by atoms with Crippen LogP contribution in [-0.2, 0) is 14.3 Å². The molecule has 6 rings (SSSR count). The average Bonchev–Trinajstić information content (AvgIpc) is 3.45. The lowest BCUT2D eigenvalue weighted by molar-refractivity contribution is -0.127. The van der Waals surface area contributed by atoms with Gasteiger partial charge in [-0.05, 0) is 48.9 Å². The fourth-order valence-corrected chi connectivity index (χ4v) is 5.71. The number of carbonyl (C=O) groups excluding carboxylic acids is 4. The van der Waals surface area contributed by atoms with Crippen LogP contribution in [0, 0.1) is 11.8 Å². The lowest BCUT2D eigenvalue weighted by Crippen LogP contribution is -2.51. The Balaban J connectivity index is 1.50. The monoisotopic (exact) mass is 501 g/mol. The maximum atomic E-state index is 13.9. The Hall–Kier alpha value is -3.81. The molecule has 2 aliphatic heterocycles. The van der Waals surface area contributed by atoms with Crippen LogP contribution in [0.25, 0.3) is 0 Å². The summed E-state index contributed by atoms with van der Waals surface area (Å²) in [4.78, 5) is 56.2. The number of benzene rings is 3. The molecule has 180 valence electrons. The summed E-state index contributed by atoms with van der Waals surface area (Å²) in [7, 11) is 0. The van der Waals surface area contributed by atoms with Gasteiger partial charge in [-0.3, -0.25) is 19.2 Å². The van der Waals surface area contributed by atoms with Crippen LogP contribution in [-0.4, -0.2) is 35.6 Å².